The number of likely N-dealkylation sites (N-methyl/N-ethyl adjacent to an activating group) is 1. The van der Waals surface area contributed by atoms with E-state index in [4.69, 9.17) is 0 Å². The van der Waals surface area contributed by atoms with Crippen molar-refractivity contribution in [2.75, 3.05) is 20.6 Å². The lowest BCUT2D eigenvalue weighted by Gasteiger charge is -2.24. The van der Waals surface area contributed by atoms with Crippen molar-refractivity contribution in [1.82, 2.24) is 19.2 Å². The summed E-state index contributed by atoms with van der Waals surface area (Å²) in [7, 11) is 0.263. The van der Waals surface area contributed by atoms with Crippen molar-refractivity contribution in [2.45, 2.75) is 31.0 Å². The van der Waals surface area contributed by atoms with Gasteiger partial charge in [-0.3, -0.25) is 0 Å². The first-order valence-corrected chi connectivity index (χ1v) is 10.8. The quantitative estimate of drug-likeness (QED) is 0.670. The second kappa shape index (κ2) is 7.48. The minimum Gasteiger partial charge on any atom is -0.334 e. The Bertz CT molecular complexity index is 989. The van der Waals surface area contributed by atoms with E-state index in [9.17, 15) is 8.42 Å². The Kier molecular flexibility index (Phi) is 5.47. The Morgan fingerprint density at radius 1 is 1.27 bits per heavy atom. The predicted molar refractivity (Wildman–Crippen MR) is 106 cm³/mol. The molecule has 0 bridgehead atoms. The molecule has 0 spiro atoms. The maximum Gasteiger partial charge on any atom is 0.259 e. The van der Waals surface area contributed by atoms with Crippen LogP contribution in [-0.2, 0) is 10.0 Å². The van der Waals surface area contributed by atoms with Crippen LogP contribution in [0.3, 0.4) is 0 Å². The average molecular weight is 393 g/mol. The van der Waals surface area contributed by atoms with Crippen LogP contribution in [0.5, 0.6) is 0 Å². The van der Waals surface area contributed by atoms with Crippen molar-refractivity contribution in [3.63, 3.8) is 0 Å². The standard InChI is InChI=1S/C18H24N4O2S2/c1-13(2)22-10-18(19-12-22)26(23,24)20-9-16(21(3)4)15-11-25-17-8-6-5-7-14(15)17/h5-8,10-13,16,20H,9H2,1-4H3/t16-/m0/s1. The Morgan fingerprint density at radius 2 is 2.00 bits per heavy atom. The van der Waals surface area contributed by atoms with Gasteiger partial charge in [-0.05, 0) is 50.3 Å². The fourth-order valence-corrected chi connectivity index (χ4v) is 4.81. The van der Waals surface area contributed by atoms with Crippen molar-refractivity contribution in [1.29, 1.82) is 0 Å². The summed E-state index contributed by atoms with van der Waals surface area (Å²) >= 11 is 1.68. The lowest BCUT2D eigenvalue weighted by atomic mass is 10.1. The number of rotatable bonds is 7. The molecule has 0 aliphatic rings. The number of nitrogens with zero attached hydrogens (tertiary/aromatic N) is 3. The maximum atomic E-state index is 12.6. The number of hydrogen-bond acceptors (Lipinski definition) is 5. The maximum absolute atomic E-state index is 12.6. The number of aromatic nitrogens is 2. The largest absolute Gasteiger partial charge is 0.334 e. The molecule has 3 aromatic rings. The molecule has 1 N–H and O–H groups in total. The third-order valence-electron chi connectivity index (χ3n) is 4.41. The zero-order valence-electron chi connectivity index (χ0n) is 15.4. The summed E-state index contributed by atoms with van der Waals surface area (Å²) in [4.78, 5) is 6.08. The van der Waals surface area contributed by atoms with E-state index in [1.807, 2.05) is 45.0 Å². The molecular formula is C18H24N4O2S2. The van der Waals surface area contributed by atoms with Gasteiger partial charge in [0.15, 0.2) is 5.03 Å². The van der Waals surface area contributed by atoms with E-state index in [2.05, 4.69) is 27.2 Å². The lowest BCUT2D eigenvalue weighted by Crippen LogP contribution is -2.34. The van der Waals surface area contributed by atoms with E-state index < -0.39 is 10.0 Å². The summed E-state index contributed by atoms with van der Waals surface area (Å²) in [5.74, 6) is 0. The van der Waals surface area contributed by atoms with Gasteiger partial charge in [-0.2, -0.15) is 0 Å². The smallest absolute Gasteiger partial charge is 0.259 e. The molecule has 0 fully saturated rings. The van der Waals surface area contributed by atoms with Crippen LogP contribution < -0.4 is 4.72 Å². The van der Waals surface area contributed by atoms with Gasteiger partial charge in [-0.15, -0.1) is 11.3 Å². The Labute approximate surface area is 158 Å². The second-order valence-electron chi connectivity index (χ2n) is 6.77. The molecule has 26 heavy (non-hydrogen) atoms. The molecular weight excluding hydrogens is 368 g/mol. The van der Waals surface area contributed by atoms with Crippen LogP contribution in [-0.4, -0.2) is 43.5 Å². The number of hydrogen-bond donors (Lipinski definition) is 1. The van der Waals surface area contributed by atoms with Crippen molar-refractivity contribution in [3.8, 4) is 0 Å². The van der Waals surface area contributed by atoms with Crippen LogP contribution in [0.15, 0.2) is 47.2 Å². The summed E-state index contributed by atoms with van der Waals surface area (Å²) < 4.78 is 31.0. The van der Waals surface area contributed by atoms with E-state index in [1.165, 1.54) is 10.1 Å². The van der Waals surface area contributed by atoms with E-state index in [0.717, 1.165) is 5.56 Å². The number of imidazole rings is 1. The summed E-state index contributed by atoms with van der Waals surface area (Å²) in [6.45, 7) is 4.25. The minimum absolute atomic E-state index is 0.0545. The highest BCUT2D eigenvalue weighted by Crippen LogP contribution is 2.32. The first-order valence-electron chi connectivity index (χ1n) is 8.45. The van der Waals surface area contributed by atoms with Crippen molar-refractivity contribution in [2.24, 2.45) is 0 Å². The molecule has 0 radical (unpaired) electrons. The SMILES string of the molecule is CC(C)n1cnc(S(=O)(=O)NC[C@@H](c2csc3ccccc23)N(C)C)c1. The monoisotopic (exact) mass is 392 g/mol. The summed E-state index contributed by atoms with van der Waals surface area (Å²) in [6, 6.07) is 8.29. The normalized spacial score (nSPS) is 13.8. The average Bonchev–Trinajstić information content (AvgIpc) is 3.22. The fourth-order valence-electron chi connectivity index (χ4n) is 2.83. The van der Waals surface area contributed by atoms with Crippen LogP contribution in [0.2, 0.25) is 0 Å². The van der Waals surface area contributed by atoms with Gasteiger partial charge in [-0.25, -0.2) is 18.1 Å². The third kappa shape index (κ3) is 3.83. The molecule has 8 heteroatoms. The zero-order chi connectivity index (χ0) is 18.9. The van der Waals surface area contributed by atoms with Crippen LogP contribution in [0, 0.1) is 0 Å². The molecule has 2 aromatic heterocycles. The third-order valence-corrected chi connectivity index (χ3v) is 6.70. The van der Waals surface area contributed by atoms with Crippen LogP contribution in [0.4, 0.5) is 0 Å². The molecule has 1 aromatic carbocycles. The van der Waals surface area contributed by atoms with Crippen molar-refractivity contribution < 1.29 is 8.42 Å². The first kappa shape index (κ1) is 19.0. The van der Waals surface area contributed by atoms with Crippen molar-refractivity contribution >= 4 is 31.4 Å². The van der Waals surface area contributed by atoms with Gasteiger partial charge in [0.25, 0.3) is 10.0 Å². The molecule has 0 saturated heterocycles. The molecule has 0 unspecified atom stereocenters. The first-order chi connectivity index (χ1) is 12.3. The zero-order valence-corrected chi connectivity index (χ0v) is 17.0. The van der Waals surface area contributed by atoms with E-state index in [1.54, 1.807) is 28.4 Å². The number of fused-ring (bicyclic) bond motifs is 1. The van der Waals surface area contributed by atoms with Gasteiger partial charge in [0, 0.05) is 29.5 Å². The van der Waals surface area contributed by atoms with Gasteiger partial charge in [-0.1, -0.05) is 18.2 Å². The number of nitrogens with one attached hydrogen (secondary N) is 1. The van der Waals surface area contributed by atoms with Crippen LogP contribution in [0.1, 0.15) is 31.5 Å². The van der Waals surface area contributed by atoms with Gasteiger partial charge in [0.05, 0.1) is 6.33 Å². The molecule has 6 nitrogen and oxygen atoms in total. The highest BCUT2D eigenvalue weighted by atomic mass is 32.2. The second-order valence-corrected chi connectivity index (χ2v) is 9.40. The van der Waals surface area contributed by atoms with Crippen molar-refractivity contribution in [3.05, 3.63) is 47.7 Å². The highest BCUT2D eigenvalue weighted by molar-refractivity contribution is 7.89. The molecule has 140 valence electrons. The summed E-state index contributed by atoms with van der Waals surface area (Å²) in [6.07, 6.45) is 3.12. The Balaban J connectivity index is 1.82. The Hall–Kier alpha value is -1.74. The number of sulfonamides is 1. The molecule has 3 rings (SSSR count). The number of thiophene rings is 1. The molecule has 0 amide bonds. The van der Waals surface area contributed by atoms with Crippen LogP contribution in [0.25, 0.3) is 10.1 Å². The molecule has 0 saturated carbocycles. The van der Waals surface area contributed by atoms with E-state index in [0.29, 0.717) is 0 Å². The summed E-state index contributed by atoms with van der Waals surface area (Å²) in [5, 5.41) is 3.33. The lowest BCUT2D eigenvalue weighted by molar-refractivity contribution is 0.301. The topological polar surface area (TPSA) is 67.2 Å². The summed E-state index contributed by atoms with van der Waals surface area (Å²) in [5.41, 5.74) is 1.13. The van der Waals surface area contributed by atoms with Crippen LogP contribution >= 0.6 is 11.3 Å². The van der Waals surface area contributed by atoms with Gasteiger partial charge in [0.1, 0.15) is 0 Å². The van der Waals surface area contributed by atoms with Gasteiger partial charge in [0.2, 0.25) is 0 Å². The fraction of sp³-hybridized carbons (Fsp3) is 0.389. The predicted octanol–water partition coefficient (Wildman–Crippen LogP) is 3.26. The van der Waals surface area contributed by atoms with Gasteiger partial charge >= 0.3 is 0 Å². The molecule has 0 aliphatic heterocycles. The minimum atomic E-state index is -3.65. The van der Waals surface area contributed by atoms with E-state index >= 15 is 0 Å². The molecule has 0 aliphatic carbocycles. The highest BCUT2D eigenvalue weighted by Gasteiger charge is 2.23. The number of benzene rings is 1. The molecule has 2 heterocycles. The van der Waals surface area contributed by atoms with E-state index in [-0.39, 0.29) is 23.7 Å². The Morgan fingerprint density at radius 3 is 2.65 bits per heavy atom. The molecule has 1 atom stereocenters. The van der Waals surface area contributed by atoms with Gasteiger partial charge < -0.3 is 9.47 Å².